The van der Waals surface area contributed by atoms with E-state index in [0.717, 1.165) is 4.90 Å². The Kier molecular flexibility index (Phi) is 5.51. The number of ether oxygens (including phenoxy) is 1. The molecule has 4 heteroatoms. The zero-order valence-electron chi connectivity index (χ0n) is 10.5. The summed E-state index contributed by atoms with van der Waals surface area (Å²) >= 11 is 1.57. The predicted octanol–water partition coefficient (Wildman–Crippen LogP) is 2.40. The van der Waals surface area contributed by atoms with Crippen molar-refractivity contribution in [2.75, 3.05) is 12.9 Å². The second-order valence-electron chi connectivity index (χ2n) is 4.16. The minimum absolute atomic E-state index is 0.365. The number of thioether (sulfide) groups is 1. The van der Waals surface area contributed by atoms with Crippen LogP contribution in [0.15, 0.2) is 29.2 Å². The van der Waals surface area contributed by atoms with Crippen molar-refractivity contribution in [1.29, 1.82) is 0 Å². The van der Waals surface area contributed by atoms with Crippen LogP contribution in [0.25, 0.3) is 0 Å². The number of hydrogen-bond donors (Lipinski definition) is 1. The van der Waals surface area contributed by atoms with Crippen molar-refractivity contribution in [2.24, 2.45) is 5.73 Å². The molecule has 3 nitrogen and oxygen atoms in total. The van der Waals surface area contributed by atoms with Gasteiger partial charge < -0.3 is 10.5 Å². The Labute approximate surface area is 107 Å². The maximum absolute atomic E-state index is 11.1. The van der Waals surface area contributed by atoms with Crippen LogP contribution in [0.4, 0.5) is 0 Å². The van der Waals surface area contributed by atoms with Crippen molar-refractivity contribution >= 4 is 17.7 Å². The van der Waals surface area contributed by atoms with Crippen molar-refractivity contribution in [1.82, 2.24) is 0 Å². The lowest BCUT2D eigenvalue weighted by Gasteiger charge is -2.09. The van der Waals surface area contributed by atoms with Crippen LogP contribution < -0.4 is 5.73 Å². The molecule has 1 atom stereocenters. The predicted molar refractivity (Wildman–Crippen MR) is 71.2 cm³/mol. The maximum Gasteiger partial charge on any atom is 0.323 e. The number of esters is 1. The van der Waals surface area contributed by atoms with E-state index in [4.69, 9.17) is 5.73 Å². The number of carbonyl (C=O) groups is 1. The van der Waals surface area contributed by atoms with Gasteiger partial charge in [0.1, 0.15) is 6.04 Å². The van der Waals surface area contributed by atoms with Gasteiger partial charge >= 0.3 is 5.97 Å². The second kappa shape index (κ2) is 6.67. The van der Waals surface area contributed by atoms with Gasteiger partial charge in [-0.2, -0.15) is 0 Å². The number of rotatable bonds is 5. The number of hydrogen-bond acceptors (Lipinski definition) is 4. The minimum Gasteiger partial charge on any atom is -0.468 e. The molecule has 0 aromatic heterocycles. The molecule has 0 spiro atoms. The monoisotopic (exact) mass is 253 g/mol. The van der Waals surface area contributed by atoms with Gasteiger partial charge in [-0.25, -0.2) is 0 Å². The highest BCUT2D eigenvalue weighted by Gasteiger charge is 2.13. The summed E-state index contributed by atoms with van der Waals surface area (Å²) < 4.78 is 4.57. The summed E-state index contributed by atoms with van der Waals surface area (Å²) in [6, 6.07) is 7.77. The third-order valence-electron chi connectivity index (χ3n) is 2.48. The average Bonchev–Trinajstić information content (AvgIpc) is 2.35. The highest BCUT2D eigenvalue weighted by atomic mass is 32.2. The first-order chi connectivity index (χ1) is 8.04. The van der Waals surface area contributed by atoms with Crippen LogP contribution in [0.5, 0.6) is 0 Å². The first kappa shape index (κ1) is 14.1. The van der Waals surface area contributed by atoms with E-state index in [1.807, 2.05) is 0 Å². The molecule has 0 radical (unpaired) electrons. The third-order valence-corrected chi connectivity index (χ3v) is 3.61. The summed E-state index contributed by atoms with van der Waals surface area (Å²) in [5, 5.41) is 0. The van der Waals surface area contributed by atoms with Gasteiger partial charge in [-0.1, -0.05) is 26.0 Å². The quantitative estimate of drug-likeness (QED) is 0.646. The van der Waals surface area contributed by atoms with Gasteiger partial charge in [0, 0.05) is 10.6 Å². The van der Waals surface area contributed by atoms with Crippen molar-refractivity contribution in [3.63, 3.8) is 0 Å². The molecule has 0 aliphatic carbocycles. The van der Waals surface area contributed by atoms with Gasteiger partial charge in [-0.05, 0) is 23.6 Å². The highest BCUT2D eigenvalue weighted by Crippen LogP contribution is 2.22. The van der Waals surface area contributed by atoms with E-state index < -0.39 is 6.04 Å². The zero-order valence-corrected chi connectivity index (χ0v) is 11.3. The lowest BCUT2D eigenvalue weighted by Crippen LogP contribution is -2.33. The number of benzene rings is 1. The van der Waals surface area contributed by atoms with Crippen LogP contribution in [0.3, 0.4) is 0 Å². The fourth-order valence-corrected chi connectivity index (χ4v) is 2.19. The van der Waals surface area contributed by atoms with Crippen molar-refractivity contribution < 1.29 is 9.53 Å². The normalized spacial score (nSPS) is 12.5. The van der Waals surface area contributed by atoms with E-state index in [2.05, 4.69) is 42.8 Å². The molecule has 0 saturated heterocycles. The van der Waals surface area contributed by atoms with Gasteiger partial charge in [0.25, 0.3) is 0 Å². The molecule has 1 unspecified atom stereocenters. The summed E-state index contributed by atoms with van der Waals surface area (Å²) in [6.07, 6.45) is 0. The van der Waals surface area contributed by atoms with Crippen LogP contribution in [0.2, 0.25) is 0 Å². The van der Waals surface area contributed by atoms with E-state index in [-0.39, 0.29) is 5.97 Å². The van der Waals surface area contributed by atoms with E-state index >= 15 is 0 Å². The van der Waals surface area contributed by atoms with Gasteiger partial charge in [0.15, 0.2) is 0 Å². The Morgan fingerprint density at radius 2 is 1.94 bits per heavy atom. The van der Waals surface area contributed by atoms with Gasteiger partial charge in [-0.15, -0.1) is 11.8 Å². The standard InChI is InChI=1S/C13H19NO2S/c1-9(2)10-4-6-11(7-5-10)17-8-12(14)13(15)16-3/h4-7,9,12H,8,14H2,1-3H3. The van der Waals surface area contributed by atoms with E-state index in [1.165, 1.54) is 12.7 Å². The molecular formula is C13H19NO2S. The van der Waals surface area contributed by atoms with Crippen LogP contribution in [-0.2, 0) is 9.53 Å². The average molecular weight is 253 g/mol. The Bertz CT molecular complexity index is 362. The molecule has 94 valence electrons. The lowest BCUT2D eigenvalue weighted by atomic mass is 10.0. The van der Waals surface area contributed by atoms with E-state index in [0.29, 0.717) is 11.7 Å². The third kappa shape index (κ3) is 4.40. The molecular weight excluding hydrogens is 234 g/mol. The molecule has 2 N–H and O–H groups in total. The van der Waals surface area contributed by atoms with Gasteiger partial charge in [0.2, 0.25) is 0 Å². The Morgan fingerprint density at radius 3 is 2.41 bits per heavy atom. The smallest absolute Gasteiger partial charge is 0.323 e. The Hall–Kier alpha value is -1.00. The van der Waals surface area contributed by atoms with Crippen molar-refractivity contribution in [3.8, 4) is 0 Å². The van der Waals surface area contributed by atoms with Crippen LogP contribution in [-0.4, -0.2) is 24.9 Å². The second-order valence-corrected chi connectivity index (χ2v) is 5.26. The van der Waals surface area contributed by atoms with Gasteiger partial charge in [0.05, 0.1) is 7.11 Å². The van der Waals surface area contributed by atoms with E-state index in [1.54, 1.807) is 11.8 Å². The molecule has 0 bridgehead atoms. The first-order valence-electron chi connectivity index (χ1n) is 5.60. The van der Waals surface area contributed by atoms with Crippen LogP contribution in [0.1, 0.15) is 25.3 Å². The van der Waals surface area contributed by atoms with Crippen molar-refractivity contribution in [2.45, 2.75) is 30.7 Å². The molecule has 0 fully saturated rings. The van der Waals surface area contributed by atoms with E-state index in [9.17, 15) is 4.79 Å². The summed E-state index contributed by atoms with van der Waals surface area (Å²) in [4.78, 5) is 12.2. The topological polar surface area (TPSA) is 52.3 Å². The molecule has 0 amide bonds. The molecule has 17 heavy (non-hydrogen) atoms. The fraction of sp³-hybridized carbons (Fsp3) is 0.462. The first-order valence-corrected chi connectivity index (χ1v) is 6.59. The molecule has 0 aliphatic rings. The number of nitrogens with two attached hydrogens (primary N) is 1. The maximum atomic E-state index is 11.1. The molecule has 0 aliphatic heterocycles. The largest absolute Gasteiger partial charge is 0.468 e. The highest BCUT2D eigenvalue weighted by molar-refractivity contribution is 7.99. The summed E-state index contributed by atoms with van der Waals surface area (Å²) in [5.74, 6) is 0.705. The SMILES string of the molecule is COC(=O)C(N)CSc1ccc(C(C)C)cc1. The lowest BCUT2D eigenvalue weighted by molar-refractivity contribution is -0.141. The summed E-state index contributed by atoms with van der Waals surface area (Å²) in [7, 11) is 1.35. The molecule has 1 rings (SSSR count). The molecule has 0 saturated carbocycles. The van der Waals surface area contributed by atoms with Crippen LogP contribution in [0, 0.1) is 0 Å². The zero-order chi connectivity index (χ0) is 12.8. The summed E-state index contributed by atoms with van der Waals surface area (Å²) in [5.41, 5.74) is 6.97. The van der Waals surface area contributed by atoms with Crippen molar-refractivity contribution in [3.05, 3.63) is 29.8 Å². The number of carbonyl (C=O) groups excluding carboxylic acids is 1. The molecule has 0 heterocycles. The summed E-state index contributed by atoms with van der Waals surface area (Å²) in [6.45, 7) is 4.32. The molecule has 1 aromatic carbocycles. The Morgan fingerprint density at radius 1 is 1.35 bits per heavy atom. The van der Waals surface area contributed by atoms with Crippen LogP contribution >= 0.6 is 11.8 Å². The van der Waals surface area contributed by atoms with Gasteiger partial charge in [-0.3, -0.25) is 4.79 Å². The minimum atomic E-state index is -0.560. The molecule has 1 aromatic rings. The fourth-order valence-electron chi connectivity index (χ4n) is 1.35. The Balaban J connectivity index is 2.50. The number of methoxy groups -OCH3 is 1.